The Morgan fingerprint density at radius 1 is 1.37 bits per heavy atom. The lowest BCUT2D eigenvalue weighted by Gasteiger charge is -2.28. The van der Waals surface area contributed by atoms with Gasteiger partial charge in [-0.05, 0) is 50.4 Å². The van der Waals surface area contributed by atoms with Gasteiger partial charge in [0.1, 0.15) is 6.07 Å². The molecular weight excluding hydrogens is 258 g/mol. The summed E-state index contributed by atoms with van der Waals surface area (Å²) in [6.45, 7) is 2.10. The van der Waals surface area contributed by atoms with Crippen LogP contribution < -0.4 is 10.2 Å². The van der Waals surface area contributed by atoms with E-state index in [4.69, 9.17) is 11.6 Å². The lowest BCUT2D eigenvalue weighted by Crippen LogP contribution is -2.39. The first-order valence-electron chi connectivity index (χ1n) is 6.97. The lowest BCUT2D eigenvalue weighted by molar-refractivity contribution is 0.578. The van der Waals surface area contributed by atoms with E-state index < -0.39 is 0 Å². The predicted octanol–water partition coefficient (Wildman–Crippen LogP) is 2.93. The van der Waals surface area contributed by atoms with Crippen molar-refractivity contribution >= 4 is 17.3 Å². The third-order valence-corrected chi connectivity index (χ3v) is 4.19. The summed E-state index contributed by atoms with van der Waals surface area (Å²) in [5, 5.41) is 13.5. The number of hydrogen-bond donors (Lipinski definition) is 1. The summed E-state index contributed by atoms with van der Waals surface area (Å²) in [7, 11) is 0. The lowest BCUT2D eigenvalue weighted by atomic mass is 10.1. The van der Waals surface area contributed by atoms with Crippen molar-refractivity contribution < 1.29 is 0 Å². The van der Waals surface area contributed by atoms with E-state index in [1.54, 1.807) is 6.07 Å². The topological polar surface area (TPSA) is 39.1 Å². The Balaban J connectivity index is 1.86. The predicted molar refractivity (Wildman–Crippen MR) is 77.6 cm³/mol. The fourth-order valence-corrected chi connectivity index (χ4v) is 2.98. The Labute approximate surface area is 119 Å². The summed E-state index contributed by atoms with van der Waals surface area (Å²) in [6, 6.07) is 8.99. The normalized spacial score (nSPS) is 22.2. The van der Waals surface area contributed by atoms with Crippen LogP contribution in [0.5, 0.6) is 0 Å². The zero-order valence-corrected chi connectivity index (χ0v) is 11.7. The molecule has 1 saturated heterocycles. The molecule has 19 heavy (non-hydrogen) atoms. The molecule has 100 valence electrons. The van der Waals surface area contributed by atoms with Gasteiger partial charge in [0, 0.05) is 23.7 Å². The highest BCUT2D eigenvalue weighted by atomic mass is 35.5. The quantitative estimate of drug-likeness (QED) is 0.918. The molecule has 1 atom stereocenters. The summed E-state index contributed by atoms with van der Waals surface area (Å²) in [5.74, 6) is 0. The fourth-order valence-electron chi connectivity index (χ4n) is 2.82. The largest absolute Gasteiger partial charge is 0.366 e. The molecule has 2 fully saturated rings. The molecule has 0 radical (unpaired) electrons. The van der Waals surface area contributed by atoms with Crippen molar-refractivity contribution in [1.82, 2.24) is 5.32 Å². The highest BCUT2D eigenvalue weighted by molar-refractivity contribution is 6.30. The van der Waals surface area contributed by atoms with Crippen LogP contribution >= 0.6 is 11.6 Å². The highest BCUT2D eigenvalue weighted by Crippen LogP contribution is 2.35. The minimum atomic E-state index is 0.547. The maximum Gasteiger partial charge on any atom is 0.101 e. The van der Waals surface area contributed by atoms with Crippen LogP contribution in [0.4, 0.5) is 5.69 Å². The second-order valence-electron chi connectivity index (χ2n) is 5.45. The van der Waals surface area contributed by atoms with Crippen molar-refractivity contribution in [3.05, 3.63) is 28.8 Å². The maximum atomic E-state index is 9.29. The van der Waals surface area contributed by atoms with Gasteiger partial charge >= 0.3 is 0 Å². The first kappa shape index (κ1) is 12.8. The van der Waals surface area contributed by atoms with E-state index in [2.05, 4.69) is 16.3 Å². The van der Waals surface area contributed by atoms with Gasteiger partial charge in [0.15, 0.2) is 0 Å². The monoisotopic (exact) mass is 275 g/mol. The molecule has 1 aliphatic heterocycles. The Bertz CT molecular complexity index is 499. The van der Waals surface area contributed by atoms with Gasteiger partial charge in [0.25, 0.3) is 0 Å². The van der Waals surface area contributed by atoms with E-state index in [1.165, 1.54) is 25.7 Å². The second-order valence-corrected chi connectivity index (χ2v) is 5.89. The van der Waals surface area contributed by atoms with Gasteiger partial charge in [-0.1, -0.05) is 11.6 Å². The third-order valence-electron chi connectivity index (χ3n) is 3.96. The molecule has 2 aliphatic rings. The number of nitriles is 1. The van der Waals surface area contributed by atoms with E-state index >= 15 is 0 Å². The molecular formula is C15H18ClN3. The molecule has 4 heteroatoms. The van der Waals surface area contributed by atoms with Crippen molar-refractivity contribution in [2.45, 2.75) is 37.8 Å². The Hall–Kier alpha value is -1.24. The van der Waals surface area contributed by atoms with Crippen LogP contribution in [0.25, 0.3) is 0 Å². The summed E-state index contributed by atoms with van der Waals surface area (Å²) < 4.78 is 0. The average Bonchev–Trinajstić information content (AvgIpc) is 3.13. The number of anilines is 1. The van der Waals surface area contributed by atoms with Gasteiger partial charge < -0.3 is 10.2 Å². The molecule has 1 heterocycles. The fraction of sp³-hybridized carbons (Fsp3) is 0.533. The maximum absolute atomic E-state index is 9.29. The Morgan fingerprint density at radius 3 is 2.84 bits per heavy atom. The third kappa shape index (κ3) is 2.86. The molecule has 1 aliphatic carbocycles. The molecule has 1 saturated carbocycles. The van der Waals surface area contributed by atoms with Crippen LogP contribution in [-0.2, 0) is 0 Å². The average molecular weight is 276 g/mol. The number of benzene rings is 1. The number of hydrogen-bond acceptors (Lipinski definition) is 3. The minimum Gasteiger partial charge on any atom is -0.366 e. The Kier molecular flexibility index (Phi) is 3.63. The number of halogens is 1. The van der Waals surface area contributed by atoms with Crippen LogP contribution in [0.2, 0.25) is 5.02 Å². The SMILES string of the molecule is N#Cc1ccc(Cl)cc1N(CC1CCCN1)C1CC1. The van der Waals surface area contributed by atoms with Crippen molar-refractivity contribution in [1.29, 1.82) is 5.26 Å². The van der Waals surface area contributed by atoms with Gasteiger partial charge in [-0.2, -0.15) is 5.26 Å². The van der Waals surface area contributed by atoms with Crippen LogP contribution in [0.15, 0.2) is 18.2 Å². The highest BCUT2D eigenvalue weighted by Gasteiger charge is 2.32. The smallest absolute Gasteiger partial charge is 0.101 e. The molecule has 0 bridgehead atoms. The van der Waals surface area contributed by atoms with Crippen molar-refractivity contribution in [2.24, 2.45) is 0 Å². The number of nitrogens with zero attached hydrogens (tertiary/aromatic N) is 2. The molecule has 3 rings (SSSR count). The first-order valence-corrected chi connectivity index (χ1v) is 7.35. The molecule has 0 spiro atoms. The molecule has 1 aromatic rings. The van der Waals surface area contributed by atoms with Crippen LogP contribution in [-0.4, -0.2) is 25.2 Å². The van der Waals surface area contributed by atoms with Gasteiger partial charge in [0.05, 0.1) is 11.3 Å². The molecule has 0 amide bonds. The van der Waals surface area contributed by atoms with Crippen LogP contribution in [0.3, 0.4) is 0 Å². The van der Waals surface area contributed by atoms with Crippen molar-refractivity contribution in [3.63, 3.8) is 0 Å². The summed E-state index contributed by atoms with van der Waals surface area (Å²) in [4.78, 5) is 2.38. The summed E-state index contributed by atoms with van der Waals surface area (Å²) in [5.41, 5.74) is 1.74. The summed E-state index contributed by atoms with van der Waals surface area (Å²) in [6.07, 6.45) is 4.93. The van der Waals surface area contributed by atoms with Gasteiger partial charge in [-0.3, -0.25) is 0 Å². The summed E-state index contributed by atoms with van der Waals surface area (Å²) >= 11 is 6.11. The molecule has 3 nitrogen and oxygen atoms in total. The zero-order valence-electron chi connectivity index (χ0n) is 10.9. The van der Waals surface area contributed by atoms with E-state index in [0.717, 1.165) is 24.3 Å². The van der Waals surface area contributed by atoms with Gasteiger partial charge in [-0.25, -0.2) is 0 Å². The van der Waals surface area contributed by atoms with E-state index in [0.29, 0.717) is 17.1 Å². The van der Waals surface area contributed by atoms with Crippen LogP contribution in [0.1, 0.15) is 31.2 Å². The van der Waals surface area contributed by atoms with E-state index in [1.807, 2.05) is 12.1 Å². The van der Waals surface area contributed by atoms with E-state index in [9.17, 15) is 5.26 Å². The molecule has 1 unspecified atom stereocenters. The van der Waals surface area contributed by atoms with Crippen LogP contribution in [0, 0.1) is 11.3 Å². The first-order chi connectivity index (χ1) is 9.28. The number of rotatable bonds is 4. The molecule has 1 N–H and O–H groups in total. The van der Waals surface area contributed by atoms with Crippen molar-refractivity contribution in [3.8, 4) is 6.07 Å². The minimum absolute atomic E-state index is 0.547. The van der Waals surface area contributed by atoms with Crippen molar-refractivity contribution in [2.75, 3.05) is 18.0 Å². The van der Waals surface area contributed by atoms with Gasteiger partial charge in [0.2, 0.25) is 0 Å². The number of nitrogens with one attached hydrogen (secondary N) is 1. The van der Waals surface area contributed by atoms with E-state index in [-0.39, 0.29) is 0 Å². The Morgan fingerprint density at radius 2 is 2.21 bits per heavy atom. The molecule has 0 aromatic heterocycles. The zero-order chi connectivity index (χ0) is 13.2. The second kappa shape index (κ2) is 5.40. The van der Waals surface area contributed by atoms with Gasteiger partial charge in [-0.15, -0.1) is 0 Å². The molecule has 1 aromatic carbocycles. The standard InChI is InChI=1S/C15H18ClN3/c16-12-4-3-11(9-17)15(8-12)19(14-5-6-14)10-13-2-1-7-18-13/h3-4,8,13-14,18H,1-2,5-7,10H2.